The fourth-order valence-electron chi connectivity index (χ4n) is 1.86. The predicted molar refractivity (Wildman–Crippen MR) is 56.6 cm³/mol. The summed E-state index contributed by atoms with van der Waals surface area (Å²) in [7, 11) is 0. The summed E-state index contributed by atoms with van der Waals surface area (Å²) in [6.07, 6.45) is 7.47. The second-order valence-corrected chi connectivity index (χ2v) is 3.65. The van der Waals surface area contributed by atoms with Crippen molar-refractivity contribution >= 4 is 17.0 Å². The Hall–Kier alpha value is -1.78. The molecule has 1 aliphatic heterocycles. The zero-order chi connectivity index (χ0) is 10.1. The van der Waals surface area contributed by atoms with Crippen LogP contribution in [-0.2, 0) is 0 Å². The lowest BCUT2D eigenvalue weighted by Crippen LogP contribution is -2.19. The van der Waals surface area contributed by atoms with Crippen LogP contribution in [0.4, 0.5) is 5.82 Å². The highest BCUT2D eigenvalue weighted by Gasteiger charge is 2.14. The minimum absolute atomic E-state index is 0.675. The van der Waals surface area contributed by atoms with E-state index < -0.39 is 0 Å². The van der Waals surface area contributed by atoms with Crippen LogP contribution in [0.25, 0.3) is 11.2 Å². The van der Waals surface area contributed by atoms with Crippen LogP contribution in [0.5, 0.6) is 0 Å². The van der Waals surface area contributed by atoms with E-state index in [2.05, 4.69) is 24.8 Å². The van der Waals surface area contributed by atoms with E-state index in [1.165, 1.54) is 19.2 Å². The maximum absolute atomic E-state index is 4.47. The molecule has 0 bridgehead atoms. The van der Waals surface area contributed by atoms with Gasteiger partial charge in [0, 0.05) is 13.1 Å². The molecule has 76 valence electrons. The van der Waals surface area contributed by atoms with Crippen molar-refractivity contribution in [3.8, 4) is 0 Å². The molecule has 2 aromatic rings. The molecule has 2 aromatic heterocycles. The Morgan fingerprint density at radius 2 is 1.93 bits per heavy atom. The van der Waals surface area contributed by atoms with Gasteiger partial charge in [0.15, 0.2) is 5.65 Å². The fourth-order valence-corrected chi connectivity index (χ4v) is 1.86. The standard InChI is InChI=1S/C10H11N5/c1-2-4-15(3-1)9-6-12-8-5-11-7-13-10(8)14-9/h5-7H,1-4H2. The van der Waals surface area contributed by atoms with Gasteiger partial charge in [-0.2, -0.15) is 0 Å². The Balaban J connectivity index is 2.05. The van der Waals surface area contributed by atoms with Crippen LogP contribution < -0.4 is 4.90 Å². The van der Waals surface area contributed by atoms with Crippen LogP contribution in [0.3, 0.4) is 0 Å². The van der Waals surface area contributed by atoms with Gasteiger partial charge in [0.05, 0.1) is 12.4 Å². The molecule has 0 radical (unpaired) electrons. The van der Waals surface area contributed by atoms with E-state index in [1.807, 2.05) is 0 Å². The summed E-state index contributed by atoms with van der Waals surface area (Å²) in [5.41, 5.74) is 1.43. The number of hydrogen-bond donors (Lipinski definition) is 0. The summed E-state index contributed by atoms with van der Waals surface area (Å²) in [4.78, 5) is 19.0. The highest BCUT2D eigenvalue weighted by molar-refractivity contribution is 5.69. The molecule has 0 atom stereocenters. The monoisotopic (exact) mass is 201 g/mol. The second-order valence-electron chi connectivity index (χ2n) is 3.65. The first kappa shape index (κ1) is 8.52. The fraction of sp³-hybridized carbons (Fsp3) is 0.400. The molecule has 0 spiro atoms. The van der Waals surface area contributed by atoms with Crippen molar-refractivity contribution in [3.05, 3.63) is 18.7 Å². The summed E-state index contributed by atoms with van der Waals surface area (Å²) < 4.78 is 0. The molecular formula is C10H11N5. The van der Waals surface area contributed by atoms with Gasteiger partial charge in [0.2, 0.25) is 0 Å². The molecule has 3 rings (SSSR count). The Kier molecular flexibility index (Phi) is 1.94. The van der Waals surface area contributed by atoms with Crippen LogP contribution in [0, 0.1) is 0 Å². The van der Waals surface area contributed by atoms with Crippen LogP contribution in [0.1, 0.15) is 12.8 Å². The lowest BCUT2D eigenvalue weighted by atomic mass is 10.4. The first-order valence-electron chi connectivity index (χ1n) is 5.11. The van der Waals surface area contributed by atoms with E-state index in [-0.39, 0.29) is 0 Å². The summed E-state index contributed by atoms with van der Waals surface area (Å²) in [5, 5.41) is 0. The summed E-state index contributed by atoms with van der Waals surface area (Å²) in [6.45, 7) is 2.15. The number of fused-ring (bicyclic) bond motifs is 1. The Bertz CT molecular complexity index is 478. The van der Waals surface area contributed by atoms with Gasteiger partial charge in [-0.1, -0.05) is 0 Å². The smallest absolute Gasteiger partial charge is 0.183 e. The third-order valence-electron chi connectivity index (χ3n) is 2.64. The largest absolute Gasteiger partial charge is 0.355 e. The van der Waals surface area contributed by atoms with Crippen LogP contribution in [0.15, 0.2) is 18.7 Å². The van der Waals surface area contributed by atoms with Crippen molar-refractivity contribution in [2.75, 3.05) is 18.0 Å². The predicted octanol–water partition coefficient (Wildman–Crippen LogP) is 1.02. The second kappa shape index (κ2) is 3.42. The van der Waals surface area contributed by atoms with Crippen molar-refractivity contribution in [1.82, 2.24) is 19.9 Å². The molecule has 0 aliphatic carbocycles. The molecule has 15 heavy (non-hydrogen) atoms. The molecule has 3 heterocycles. The lowest BCUT2D eigenvalue weighted by molar-refractivity contribution is 0.932. The molecule has 5 nitrogen and oxygen atoms in total. The first-order chi connectivity index (χ1) is 7.43. The van der Waals surface area contributed by atoms with Gasteiger partial charge >= 0.3 is 0 Å². The normalized spacial score (nSPS) is 16.1. The van der Waals surface area contributed by atoms with E-state index in [0.717, 1.165) is 24.4 Å². The molecule has 0 N–H and O–H groups in total. The quantitative estimate of drug-likeness (QED) is 0.689. The SMILES string of the molecule is c1ncc2ncc(N3CCCC3)nc2n1. The molecule has 1 saturated heterocycles. The Labute approximate surface area is 87.2 Å². The van der Waals surface area contributed by atoms with Crippen LogP contribution in [0.2, 0.25) is 0 Å². The lowest BCUT2D eigenvalue weighted by Gasteiger charge is -2.15. The molecule has 0 aromatic carbocycles. The summed E-state index contributed by atoms with van der Waals surface area (Å²) >= 11 is 0. The first-order valence-corrected chi connectivity index (χ1v) is 5.11. The third-order valence-corrected chi connectivity index (χ3v) is 2.64. The molecule has 0 amide bonds. The highest BCUT2D eigenvalue weighted by Crippen LogP contribution is 2.18. The van der Waals surface area contributed by atoms with Gasteiger partial charge in [-0.15, -0.1) is 0 Å². The average molecular weight is 201 g/mol. The Morgan fingerprint density at radius 3 is 2.80 bits per heavy atom. The molecule has 0 unspecified atom stereocenters. The number of hydrogen-bond acceptors (Lipinski definition) is 5. The topological polar surface area (TPSA) is 54.8 Å². The van der Waals surface area contributed by atoms with E-state index in [1.54, 1.807) is 12.4 Å². The summed E-state index contributed by atoms with van der Waals surface area (Å²) in [6, 6.07) is 0. The highest BCUT2D eigenvalue weighted by atomic mass is 15.2. The van der Waals surface area contributed by atoms with Gasteiger partial charge in [-0.3, -0.25) is 0 Å². The third kappa shape index (κ3) is 1.49. The van der Waals surface area contributed by atoms with Crippen molar-refractivity contribution in [2.45, 2.75) is 12.8 Å². The number of anilines is 1. The van der Waals surface area contributed by atoms with Crippen molar-refractivity contribution in [2.24, 2.45) is 0 Å². The van der Waals surface area contributed by atoms with Gasteiger partial charge in [0.25, 0.3) is 0 Å². The van der Waals surface area contributed by atoms with E-state index in [4.69, 9.17) is 0 Å². The van der Waals surface area contributed by atoms with Crippen LogP contribution in [-0.4, -0.2) is 33.0 Å². The minimum Gasteiger partial charge on any atom is -0.355 e. The zero-order valence-electron chi connectivity index (χ0n) is 8.30. The maximum Gasteiger partial charge on any atom is 0.183 e. The zero-order valence-corrected chi connectivity index (χ0v) is 8.30. The van der Waals surface area contributed by atoms with Gasteiger partial charge < -0.3 is 4.90 Å². The van der Waals surface area contributed by atoms with Crippen LogP contribution >= 0.6 is 0 Å². The average Bonchev–Trinajstić information content (AvgIpc) is 2.82. The molecule has 1 fully saturated rings. The molecular weight excluding hydrogens is 190 g/mol. The van der Waals surface area contributed by atoms with Crippen molar-refractivity contribution < 1.29 is 0 Å². The van der Waals surface area contributed by atoms with E-state index in [9.17, 15) is 0 Å². The molecule has 5 heteroatoms. The van der Waals surface area contributed by atoms with E-state index >= 15 is 0 Å². The number of nitrogens with zero attached hydrogens (tertiary/aromatic N) is 5. The van der Waals surface area contributed by atoms with Gasteiger partial charge in [0.1, 0.15) is 17.7 Å². The summed E-state index contributed by atoms with van der Waals surface area (Å²) in [5.74, 6) is 0.929. The minimum atomic E-state index is 0.675. The molecule has 0 saturated carbocycles. The Morgan fingerprint density at radius 1 is 1.07 bits per heavy atom. The van der Waals surface area contributed by atoms with Crippen molar-refractivity contribution in [3.63, 3.8) is 0 Å². The number of rotatable bonds is 1. The maximum atomic E-state index is 4.47. The molecule has 1 aliphatic rings. The number of aromatic nitrogens is 4. The van der Waals surface area contributed by atoms with Crippen molar-refractivity contribution in [1.29, 1.82) is 0 Å². The van der Waals surface area contributed by atoms with Gasteiger partial charge in [-0.05, 0) is 12.8 Å². The van der Waals surface area contributed by atoms with E-state index in [0.29, 0.717) is 5.65 Å². The van der Waals surface area contributed by atoms with Gasteiger partial charge in [-0.25, -0.2) is 19.9 Å².